The van der Waals surface area contributed by atoms with Crippen LogP contribution < -0.4 is 5.32 Å². The average Bonchev–Trinajstić information content (AvgIpc) is 2.39. The summed E-state index contributed by atoms with van der Waals surface area (Å²) in [5.41, 5.74) is 0.818. The maximum Gasteiger partial charge on any atom is 0.163 e. The Balaban J connectivity index is 2.22. The minimum absolute atomic E-state index is 0.0943. The minimum Gasteiger partial charge on any atom is -0.394 e. The highest BCUT2D eigenvalue weighted by molar-refractivity contribution is 5.55. The molecular weight excluding hydrogens is 226 g/mol. The predicted octanol–water partition coefficient (Wildman–Crippen LogP) is 2.31. The van der Waals surface area contributed by atoms with E-state index in [1.807, 2.05) is 6.07 Å². The number of nitriles is 1. The molecule has 1 heterocycles. The number of anilines is 1. The Bertz CT molecular complexity index is 455. The lowest BCUT2D eigenvalue weighted by atomic mass is 9.76. The molecule has 2 N–H and O–H groups in total. The molecule has 1 aromatic rings. The third-order valence-corrected chi connectivity index (χ3v) is 3.71. The zero-order chi connectivity index (χ0) is 13.0. The lowest BCUT2D eigenvalue weighted by Crippen LogP contribution is -2.46. The zero-order valence-corrected chi connectivity index (χ0v) is 10.7. The molecule has 0 spiro atoms. The SMILES string of the molecule is CC1CCCC(CO)(Nc2cccnc2C#N)C1. The van der Waals surface area contributed by atoms with E-state index in [4.69, 9.17) is 5.26 Å². The number of aliphatic hydroxyl groups excluding tert-OH is 1. The summed E-state index contributed by atoms with van der Waals surface area (Å²) in [5, 5.41) is 22.1. The Morgan fingerprint density at radius 1 is 1.67 bits per heavy atom. The van der Waals surface area contributed by atoms with Crippen LogP contribution in [0.1, 0.15) is 38.3 Å². The zero-order valence-electron chi connectivity index (χ0n) is 10.7. The highest BCUT2D eigenvalue weighted by Gasteiger charge is 2.34. The summed E-state index contributed by atoms with van der Waals surface area (Å²) in [4.78, 5) is 4.04. The van der Waals surface area contributed by atoms with Gasteiger partial charge in [-0.1, -0.05) is 19.8 Å². The van der Waals surface area contributed by atoms with E-state index in [9.17, 15) is 5.11 Å². The third-order valence-electron chi connectivity index (χ3n) is 3.71. The fourth-order valence-electron chi connectivity index (χ4n) is 2.84. The van der Waals surface area contributed by atoms with Gasteiger partial charge in [0.25, 0.3) is 0 Å². The number of nitrogens with one attached hydrogen (secondary N) is 1. The molecule has 2 atom stereocenters. The maximum absolute atomic E-state index is 9.72. The van der Waals surface area contributed by atoms with Gasteiger partial charge in [-0.25, -0.2) is 4.98 Å². The number of hydrogen-bond acceptors (Lipinski definition) is 4. The van der Waals surface area contributed by atoms with E-state index in [1.165, 1.54) is 6.42 Å². The molecule has 0 amide bonds. The molecule has 0 aliphatic heterocycles. The van der Waals surface area contributed by atoms with Crippen molar-refractivity contribution in [3.8, 4) is 6.07 Å². The van der Waals surface area contributed by atoms with Gasteiger partial charge in [0.2, 0.25) is 0 Å². The second-order valence-corrected chi connectivity index (χ2v) is 5.28. The summed E-state index contributed by atoms with van der Waals surface area (Å²) in [6.45, 7) is 2.30. The van der Waals surface area contributed by atoms with Gasteiger partial charge in [0.05, 0.1) is 17.8 Å². The minimum atomic E-state index is -0.299. The van der Waals surface area contributed by atoms with E-state index in [1.54, 1.807) is 12.3 Å². The summed E-state index contributed by atoms with van der Waals surface area (Å²) in [7, 11) is 0. The van der Waals surface area contributed by atoms with E-state index in [0.29, 0.717) is 11.6 Å². The van der Waals surface area contributed by atoms with Gasteiger partial charge in [-0.2, -0.15) is 5.26 Å². The van der Waals surface area contributed by atoms with Crippen LogP contribution in [0.15, 0.2) is 18.3 Å². The summed E-state index contributed by atoms with van der Waals surface area (Å²) in [6.07, 6.45) is 5.80. The van der Waals surface area contributed by atoms with Gasteiger partial charge in [-0.05, 0) is 30.9 Å². The maximum atomic E-state index is 9.72. The van der Waals surface area contributed by atoms with Crippen molar-refractivity contribution in [2.45, 2.75) is 38.1 Å². The lowest BCUT2D eigenvalue weighted by Gasteiger charge is -2.40. The predicted molar refractivity (Wildman–Crippen MR) is 70.0 cm³/mol. The molecule has 1 aliphatic carbocycles. The van der Waals surface area contributed by atoms with Crippen LogP contribution in [0.2, 0.25) is 0 Å². The van der Waals surface area contributed by atoms with Gasteiger partial charge >= 0.3 is 0 Å². The quantitative estimate of drug-likeness (QED) is 0.857. The number of aliphatic hydroxyl groups is 1. The highest BCUT2D eigenvalue weighted by atomic mass is 16.3. The van der Waals surface area contributed by atoms with E-state index in [-0.39, 0.29) is 12.1 Å². The number of rotatable bonds is 3. The summed E-state index contributed by atoms with van der Waals surface area (Å²) < 4.78 is 0. The first-order valence-corrected chi connectivity index (χ1v) is 6.43. The van der Waals surface area contributed by atoms with Crippen LogP contribution in [-0.4, -0.2) is 22.2 Å². The van der Waals surface area contributed by atoms with Gasteiger partial charge in [-0.3, -0.25) is 0 Å². The molecule has 1 aliphatic rings. The van der Waals surface area contributed by atoms with Crippen LogP contribution >= 0.6 is 0 Å². The van der Waals surface area contributed by atoms with Crippen molar-refractivity contribution in [1.82, 2.24) is 4.98 Å². The van der Waals surface area contributed by atoms with Gasteiger partial charge in [0, 0.05) is 6.20 Å². The van der Waals surface area contributed by atoms with Gasteiger partial charge < -0.3 is 10.4 Å². The molecule has 0 saturated heterocycles. The van der Waals surface area contributed by atoms with Crippen LogP contribution in [0.3, 0.4) is 0 Å². The first kappa shape index (κ1) is 12.8. The third kappa shape index (κ3) is 2.62. The fraction of sp³-hybridized carbons (Fsp3) is 0.571. The van der Waals surface area contributed by atoms with Crippen LogP contribution in [0.5, 0.6) is 0 Å². The van der Waals surface area contributed by atoms with Gasteiger partial charge in [0.15, 0.2) is 5.69 Å². The molecule has 18 heavy (non-hydrogen) atoms. The Morgan fingerprint density at radius 3 is 3.17 bits per heavy atom. The molecule has 0 aromatic carbocycles. The van der Waals surface area contributed by atoms with Crippen LogP contribution in [-0.2, 0) is 0 Å². The van der Waals surface area contributed by atoms with Crippen molar-refractivity contribution >= 4 is 5.69 Å². The normalized spacial score (nSPS) is 27.5. The van der Waals surface area contributed by atoms with Crippen LogP contribution in [0.4, 0.5) is 5.69 Å². The first-order chi connectivity index (χ1) is 8.69. The topological polar surface area (TPSA) is 68.9 Å². The Morgan fingerprint density at radius 2 is 2.50 bits per heavy atom. The standard InChI is InChI=1S/C14H19N3O/c1-11-4-2-6-14(8-11,10-18)17-12-5-3-7-16-13(12)9-15/h3,5,7,11,17-18H,2,4,6,8,10H2,1H3. The van der Waals surface area contributed by atoms with E-state index in [2.05, 4.69) is 23.3 Å². The van der Waals surface area contributed by atoms with Crippen molar-refractivity contribution < 1.29 is 5.11 Å². The van der Waals surface area contributed by atoms with Crippen molar-refractivity contribution in [3.05, 3.63) is 24.0 Å². The summed E-state index contributed by atoms with van der Waals surface area (Å²) in [6, 6.07) is 5.74. The molecule has 2 unspecified atom stereocenters. The summed E-state index contributed by atoms with van der Waals surface area (Å²) >= 11 is 0. The van der Waals surface area contributed by atoms with Gasteiger partial charge in [-0.15, -0.1) is 0 Å². The number of nitrogens with zero attached hydrogens (tertiary/aromatic N) is 2. The number of aromatic nitrogens is 1. The molecule has 0 bridgehead atoms. The largest absolute Gasteiger partial charge is 0.394 e. The molecule has 4 nitrogen and oxygen atoms in total. The van der Waals surface area contributed by atoms with Crippen LogP contribution in [0, 0.1) is 17.2 Å². The molecule has 0 radical (unpaired) electrons. The summed E-state index contributed by atoms with van der Waals surface area (Å²) in [5.74, 6) is 0.598. The second-order valence-electron chi connectivity index (χ2n) is 5.28. The Labute approximate surface area is 108 Å². The fourth-order valence-corrected chi connectivity index (χ4v) is 2.84. The smallest absolute Gasteiger partial charge is 0.163 e. The van der Waals surface area contributed by atoms with Crippen molar-refractivity contribution in [1.29, 1.82) is 5.26 Å². The van der Waals surface area contributed by atoms with Crippen molar-refractivity contribution in [2.75, 3.05) is 11.9 Å². The van der Waals surface area contributed by atoms with Crippen molar-refractivity contribution in [2.24, 2.45) is 5.92 Å². The van der Waals surface area contributed by atoms with Crippen molar-refractivity contribution in [3.63, 3.8) is 0 Å². The monoisotopic (exact) mass is 245 g/mol. The number of pyridine rings is 1. The molecule has 96 valence electrons. The number of hydrogen-bond donors (Lipinski definition) is 2. The second kappa shape index (κ2) is 5.36. The average molecular weight is 245 g/mol. The molecule has 2 rings (SSSR count). The Kier molecular flexibility index (Phi) is 3.83. The van der Waals surface area contributed by atoms with E-state index in [0.717, 1.165) is 24.9 Å². The van der Waals surface area contributed by atoms with E-state index < -0.39 is 0 Å². The van der Waals surface area contributed by atoms with Crippen LogP contribution in [0.25, 0.3) is 0 Å². The molecular formula is C14H19N3O. The highest BCUT2D eigenvalue weighted by Crippen LogP contribution is 2.35. The Hall–Kier alpha value is -1.60. The first-order valence-electron chi connectivity index (χ1n) is 6.43. The molecule has 4 heteroatoms. The molecule has 1 fully saturated rings. The lowest BCUT2D eigenvalue weighted by molar-refractivity contribution is 0.149. The molecule has 1 saturated carbocycles. The molecule has 1 aromatic heterocycles. The van der Waals surface area contributed by atoms with Gasteiger partial charge in [0.1, 0.15) is 6.07 Å². The van der Waals surface area contributed by atoms with E-state index >= 15 is 0 Å².